The second kappa shape index (κ2) is 10.7. The Morgan fingerprint density at radius 1 is 0.400 bits per heavy atom. The van der Waals surface area contributed by atoms with Gasteiger partial charge in [-0.1, -0.05) is 60.7 Å². The molecule has 6 aromatic carbocycles. The van der Waals surface area contributed by atoms with Gasteiger partial charge in [-0.05, 0) is 88.8 Å². The minimum absolute atomic E-state index is 0.759. The summed E-state index contributed by atoms with van der Waals surface area (Å²) in [6.45, 7) is 0. The number of fused-ring (bicyclic) bond motifs is 3. The van der Waals surface area contributed by atoms with Gasteiger partial charge in [0.2, 0.25) is 0 Å². The molecule has 0 spiro atoms. The van der Waals surface area contributed by atoms with Crippen molar-refractivity contribution in [3.8, 4) is 45.3 Å². The van der Waals surface area contributed by atoms with E-state index >= 15 is 0 Å². The molecular formula is C34H26Br2O4. The van der Waals surface area contributed by atoms with E-state index in [1.807, 2.05) is 24.3 Å². The summed E-state index contributed by atoms with van der Waals surface area (Å²) in [7, 11) is 6.78. The van der Waals surface area contributed by atoms with Crippen LogP contribution in [0.5, 0.6) is 23.0 Å². The Kier molecular flexibility index (Phi) is 7.07. The third-order valence-corrected chi connectivity index (χ3v) is 9.00. The van der Waals surface area contributed by atoms with Crippen molar-refractivity contribution >= 4 is 64.2 Å². The molecule has 0 fully saturated rings. The molecule has 0 aliphatic rings. The van der Waals surface area contributed by atoms with Gasteiger partial charge in [-0.2, -0.15) is 0 Å². The Morgan fingerprint density at radius 2 is 0.750 bits per heavy atom. The van der Waals surface area contributed by atoms with Crippen molar-refractivity contribution in [2.24, 2.45) is 0 Å². The average molecular weight is 658 g/mol. The molecule has 6 aromatic rings. The summed E-state index contributed by atoms with van der Waals surface area (Å²) >= 11 is 7.68. The summed E-state index contributed by atoms with van der Waals surface area (Å²) in [6.07, 6.45) is 0. The van der Waals surface area contributed by atoms with Crippen LogP contribution in [-0.4, -0.2) is 28.4 Å². The summed E-state index contributed by atoms with van der Waals surface area (Å²) in [6, 6.07) is 29.1. The molecule has 6 rings (SSSR count). The second-order valence-electron chi connectivity index (χ2n) is 9.35. The predicted molar refractivity (Wildman–Crippen MR) is 171 cm³/mol. The number of benzene rings is 6. The molecule has 40 heavy (non-hydrogen) atoms. The van der Waals surface area contributed by atoms with Gasteiger partial charge in [0.05, 0.1) is 37.4 Å². The standard InChI is InChI=1S/C34H26Br2O4/c1-37-24-15-11-20-13-17-26(39-3)33(35)29(20)31(24)22-9-5-7-19-8-6-10-23(28(19)22)32-25(38-2)16-12-21-14-18-27(40-4)34(36)30(21)32/h5-18H,1-4H3. The number of methoxy groups -OCH3 is 4. The smallest absolute Gasteiger partial charge is 0.133 e. The number of rotatable bonds is 6. The van der Waals surface area contributed by atoms with Crippen LogP contribution in [-0.2, 0) is 0 Å². The van der Waals surface area contributed by atoms with Crippen molar-refractivity contribution in [3.63, 3.8) is 0 Å². The third-order valence-electron chi connectivity index (χ3n) is 7.42. The van der Waals surface area contributed by atoms with Crippen LogP contribution in [0.2, 0.25) is 0 Å². The molecule has 0 unspecified atom stereocenters. The quantitative estimate of drug-likeness (QED) is 0.179. The lowest BCUT2D eigenvalue weighted by Crippen LogP contribution is -1.96. The monoisotopic (exact) mass is 656 g/mol. The number of halogens is 2. The minimum Gasteiger partial charge on any atom is -0.496 e. The lowest BCUT2D eigenvalue weighted by atomic mass is 9.87. The van der Waals surface area contributed by atoms with Crippen LogP contribution >= 0.6 is 31.9 Å². The molecule has 0 N–H and O–H groups in total. The highest BCUT2D eigenvalue weighted by molar-refractivity contribution is 9.11. The van der Waals surface area contributed by atoms with E-state index in [-0.39, 0.29) is 0 Å². The van der Waals surface area contributed by atoms with Gasteiger partial charge in [0.1, 0.15) is 23.0 Å². The summed E-state index contributed by atoms with van der Waals surface area (Å²) in [5.41, 5.74) is 4.06. The predicted octanol–water partition coefficient (Wildman–Crippen LogP) is 10.0. The van der Waals surface area contributed by atoms with E-state index in [0.717, 1.165) is 86.5 Å². The zero-order valence-corrected chi connectivity index (χ0v) is 25.6. The Morgan fingerprint density at radius 3 is 1.12 bits per heavy atom. The highest BCUT2D eigenvalue weighted by Crippen LogP contribution is 2.50. The van der Waals surface area contributed by atoms with Gasteiger partial charge in [0, 0.05) is 21.9 Å². The van der Waals surface area contributed by atoms with Crippen molar-refractivity contribution in [1.82, 2.24) is 0 Å². The molecule has 0 bridgehead atoms. The van der Waals surface area contributed by atoms with E-state index in [2.05, 4.69) is 92.5 Å². The van der Waals surface area contributed by atoms with Crippen molar-refractivity contribution < 1.29 is 18.9 Å². The maximum atomic E-state index is 5.99. The van der Waals surface area contributed by atoms with Gasteiger partial charge >= 0.3 is 0 Å². The van der Waals surface area contributed by atoms with Gasteiger partial charge < -0.3 is 18.9 Å². The molecule has 0 aliphatic heterocycles. The average Bonchev–Trinajstić information content (AvgIpc) is 2.99. The van der Waals surface area contributed by atoms with Crippen LogP contribution in [0.15, 0.2) is 93.9 Å². The minimum atomic E-state index is 0.759. The fraction of sp³-hybridized carbons (Fsp3) is 0.118. The Hall–Kier alpha value is -3.74. The van der Waals surface area contributed by atoms with Gasteiger partial charge in [-0.25, -0.2) is 0 Å². The van der Waals surface area contributed by atoms with Crippen molar-refractivity contribution in [3.05, 3.63) is 93.9 Å². The van der Waals surface area contributed by atoms with E-state index in [1.54, 1.807) is 28.4 Å². The van der Waals surface area contributed by atoms with Crippen LogP contribution in [0.1, 0.15) is 0 Å². The van der Waals surface area contributed by atoms with Crippen LogP contribution < -0.4 is 18.9 Å². The van der Waals surface area contributed by atoms with E-state index < -0.39 is 0 Å². The molecule has 4 nitrogen and oxygen atoms in total. The second-order valence-corrected chi connectivity index (χ2v) is 10.9. The Labute approximate surface area is 249 Å². The van der Waals surface area contributed by atoms with Gasteiger partial charge in [-0.15, -0.1) is 0 Å². The SMILES string of the molecule is COc1ccc2ccc(OC)c(-c3cccc4cccc(-c5c(OC)ccc6ccc(OC)c(Br)c56)c34)c2c1Br. The van der Waals surface area contributed by atoms with Crippen LogP contribution in [0.4, 0.5) is 0 Å². The maximum Gasteiger partial charge on any atom is 0.133 e. The highest BCUT2D eigenvalue weighted by Gasteiger charge is 2.22. The molecule has 200 valence electrons. The van der Waals surface area contributed by atoms with E-state index in [4.69, 9.17) is 18.9 Å². The first-order chi connectivity index (χ1) is 19.5. The lowest BCUT2D eigenvalue weighted by molar-refractivity contribution is 0.412. The van der Waals surface area contributed by atoms with Gasteiger partial charge in [0.15, 0.2) is 0 Å². The molecule has 0 aliphatic carbocycles. The molecule has 0 atom stereocenters. The molecular weight excluding hydrogens is 632 g/mol. The maximum absolute atomic E-state index is 5.99. The van der Waals surface area contributed by atoms with Crippen molar-refractivity contribution in [2.45, 2.75) is 0 Å². The zero-order chi connectivity index (χ0) is 28.0. The number of ether oxygens (including phenoxy) is 4. The van der Waals surface area contributed by atoms with E-state index in [9.17, 15) is 0 Å². The molecule has 0 amide bonds. The fourth-order valence-corrected chi connectivity index (χ4v) is 7.06. The summed E-state index contributed by atoms with van der Waals surface area (Å²) in [4.78, 5) is 0. The Balaban J connectivity index is 1.81. The highest BCUT2D eigenvalue weighted by atomic mass is 79.9. The first kappa shape index (κ1) is 26.5. The molecule has 6 heteroatoms. The first-order valence-corrected chi connectivity index (χ1v) is 14.3. The number of hydrogen-bond donors (Lipinski definition) is 0. The Bertz CT molecular complexity index is 1780. The van der Waals surface area contributed by atoms with Crippen LogP contribution in [0, 0.1) is 0 Å². The summed E-state index contributed by atoms with van der Waals surface area (Å²) in [5, 5.41) is 6.39. The van der Waals surface area contributed by atoms with E-state index in [0.29, 0.717) is 0 Å². The fourth-order valence-electron chi connectivity index (χ4n) is 5.62. The molecule has 0 saturated heterocycles. The topological polar surface area (TPSA) is 36.9 Å². The zero-order valence-electron chi connectivity index (χ0n) is 22.5. The van der Waals surface area contributed by atoms with Crippen LogP contribution in [0.25, 0.3) is 54.6 Å². The normalized spacial score (nSPS) is 11.2. The number of hydrogen-bond acceptors (Lipinski definition) is 4. The lowest BCUT2D eigenvalue weighted by Gasteiger charge is -2.20. The van der Waals surface area contributed by atoms with E-state index in [1.165, 1.54) is 0 Å². The molecule has 0 aromatic heterocycles. The summed E-state index contributed by atoms with van der Waals surface area (Å²) < 4.78 is 25.1. The third kappa shape index (κ3) is 4.09. The van der Waals surface area contributed by atoms with Crippen LogP contribution in [0.3, 0.4) is 0 Å². The first-order valence-electron chi connectivity index (χ1n) is 12.7. The largest absolute Gasteiger partial charge is 0.496 e. The molecule has 0 heterocycles. The van der Waals surface area contributed by atoms with Crippen molar-refractivity contribution in [2.75, 3.05) is 28.4 Å². The molecule has 0 radical (unpaired) electrons. The van der Waals surface area contributed by atoms with Crippen molar-refractivity contribution in [1.29, 1.82) is 0 Å². The van der Waals surface area contributed by atoms with Gasteiger partial charge in [-0.3, -0.25) is 0 Å². The molecule has 0 saturated carbocycles. The summed E-state index contributed by atoms with van der Waals surface area (Å²) in [5.74, 6) is 3.07. The van der Waals surface area contributed by atoms with Gasteiger partial charge in [0.25, 0.3) is 0 Å².